The number of alkyl halides is 3. The molecule has 220 valence electrons. The van der Waals surface area contributed by atoms with Crippen molar-refractivity contribution < 1.29 is 35.9 Å². The summed E-state index contributed by atoms with van der Waals surface area (Å²) in [6, 6.07) is 7.73. The zero-order valence-electron chi connectivity index (χ0n) is 22.9. The minimum Gasteiger partial charge on any atom is -0.382 e. The van der Waals surface area contributed by atoms with E-state index in [-0.39, 0.29) is 48.1 Å². The van der Waals surface area contributed by atoms with Crippen LogP contribution in [0.1, 0.15) is 72.4 Å². The van der Waals surface area contributed by atoms with E-state index < -0.39 is 28.2 Å². The van der Waals surface area contributed by atoms with Crippen LogP contribution in [0.2, 0.25) is 0 Å². The number of carbonyl (C=O) groups is 1. The second kappa shape index (κ2) is 12.5. The average molecular weight is 584 g/mol. The third-order valence-corrected chi connectivity index (χ3v) is 9.42. The number of aromatic nitrogens is 1. The summed E-state index contributed by atoms with van der Waals surface area (Å²) in [5.74, 6) is -0.342. The van der Waals surface area contributed by atoms with E-state index in [0.29, 0.717) is 30.6 Å². The number of nitrogens with one attached hydrogen (secondary N) is 1. The molecule has 8 nitrogen and oxygen atoms in total. The highest BCUT2D eigenvalue weighted by molar-refractivity contribution is 7.91. The molecule has 4 atom stereocenters. The van der Waals surface area contributed by atoms with Gasteiger partial charge in [0.25, 0.3) is 5.91 Å². The second-order valence-electron chi connectivity index (χ2n) is 10.4. The molecule has 2 aliphatic heterocycles. The van der Waals surface area contributed by atoms with Crippen molar-refractivity contribution in [3.05, 3.63) is 58.9 Å². The number of ether oxygens (including phenoxy) is 2. The lowest BCUT2D eigenvalue weighted by atomic mass is 9.97. The highest BCUT2D eigenvalue weighted by atomic mass is 32.2. The minimum absolute atomic E-state index is 0.000808. The van der Waals surface area contributed by atoms with Crippen LogP contribution in [0.25, 0.3) is 0 Å². The van der Waals surface area contributed by atoms with Crippen LogP contribution in [0.15, 0.2) is 41.4 Å². The van der Waals surface area contributed by atoms with Gasteiger partial charge in [0.1, 0.15) is 0 Å². The summed E-state index contributed by atoms with van der Waals surface area (Å²) in [7, 11) is -1.82. The molecule has 0 saturated carbocycles. The van der Waals surface area contributed by atoms with E-state index in [1.165, 1.54) is 19.2 Å². The fourth-order valence-corrected chi connectivity index (χ4v) is 6.34. The Morgan fingerprint density at radius 2 is 1.95 bits per heavy atom. The van der Waals surface area contributed by atoms with Crippen molar-refractivity contribution >= 4 is 15.7 Å². The van der Waals surface area contributed by atoms with Crippen molar-refractivity contribution in [1.82, 2.24) is 15.2 Å². The van der Waals surface area contributed by atoms with Crippen molar-refractivity contribution in [2.45, 2.75) is 68.9 Å². The number of nitrogens with zero attached hydrogens (tertiary/aromatic N) is 2. The Morgan fingerprint density at radius 1 is 1.23 bits per heavy atom. The molecule has 1 aromatic heterocycles. The zero-order chi connectivity index (χ0) is 29.1. The van der Waals surface area contributed by atoms with Gasteiger partial charge in [-0.3, -0.25) is 14.7 Å². The number of halogens is 3. The van der Waals surface area contributed by atoms with Crippen molar-refractivity contribution in [3.63, 3.8) is 0 Å². The van der Waals surface area contributed by atoms with Gasteiger partial charge in [0, 0.05) is 26.4 Å². The predicted molar refractivity (Wildman–Crippen MR) is 142 cm³/mol. The van der Waals surface area contributed by atoms with E-state index in [0.717, 1.165) is 17.7 Å². The molecule has 40 heavy (non-hydrogen) atoms. The molecule has 1 unspecified atom stereocenters. The van der Waals surface area contributed by atoms with E-state index >= 15 is 0 Å². The SMILES string of the molecule is CC[C@H]1c2ncc(C(=O)N[C@@H](COC)c3ccc(S(=O)(=O)CC)cc3)cc2CN1C[C@H]1CCC(C(F)(F)F)OC1. The molecule has 1 N–H and O–H groups in total. The Kier molecular flexibility index (Phi) is 9.54. The smallest absolute Gasteiger partial charge is 0.382 e. The molecule has 0 aliphatic carbocycles. The molecule has 0 radical (unpaired) electrons. The standard InChI is InChI=1S/C28H36F3N3O5S/c1-4-24-26-21(15-34(24)14-18-6-11-25(39-16-18)28(29,30)31)12-20(13-32-26)27(35)33-23(17-38-3)19-7-9-22(10-8-19)40(36,37)5-2/h7-10,12-13,18,23-25H,4-6,11,14-17H2,1-3H3,(H,33,35)/t18-,23+,24+,25?/m1/s1. The van der Waals surface area contributed by atoms with E-state index in [2.05, 4.69) is 15.2 Å². The van der Waals surface area contributed by atoms with Crippen LogP contribution < -0.4 is 5.32 Å². The van der Waals surface area contributed by atoms with Gasteiger partial charge in [-0.05, 0) is 54.5 Å². The van der Waals surface area contributed by atoms with Gasteiger partial charge in [-0.25, -0.2) is 8.42 Å². The maximum atomic E-state index is 13.2. The first-order chi connectivity index (χ1) is 19.0. The summed E-state index contributed by atoms with van der Waals surface area (Å²) in [5, 5.41) is 2.96. The summed E-state index contributed by atoms with van der Waals surface area (Å²) < 4.78 is 73.6. The largest absolute Gasteiger partial charge is 0.414 e. The number of amides is 1. The van der Waals surface area contributed by atoms with Crippen molar-refractivity contribution in [3.8, 4) is 0 Å². The molecule has 2 aliphatic rings. The fourth-order valence-electron chi connectivity index (χ4n) is 5.46. The normalized spacial score (nSPS) is 22.6. The molecule has 4 rings (SSSR count). The maximum Gasteiger partial charge on any atom is 0.414 e. The number of methoxy groups -OCH3 is 1. The predicted octanol–water partition coefficient (Wildman–Crippen LogP) is 4.62. The van der Waals surface area contributed by atoms with E-state index in [9.17, 15) is 26.4 Å². The first-order valence-electron chi connectivity index (χ1n) is 13.5. The molecule has 1 fully saturated rings. The monoisotopic (exact) mass is 583 g/mol. The summed E-state index contributed by atoms with van der Waals surface area (Å²) >= 11 is 0. The van der Waals surface area contributed by atoms with E-state index in [4.69, 9.17) is 9.47 Å². The van der Waals surface area contributed by atoms with Gasteiger partial charge in [-0.1, -0.05) is 26.0 Å². The average Bonchev–Trinajstić information content (AvgIpc) is 3.28. The third-order valence-electron chi connectivity index (χ3n) is 7.67. The Morgan fingerprint density at radius 3 is 2.52 bits per heavy atom. The summed E-state index contributed by atoms with van der Waals surface area (Å²) in [6.45, 7) is 5.03. The first kappa shape index (κ1) is 30.4. The van der Waals surface area contributed by atoms with E-state index in [1.807, 2.05) is 13.0 Å². The number of fused-ring (bicyclic) bond motifs is 1. The van der Waals surface area contributed by atoms with Crippen LogP contribution in [-0.4, -0.2) is 69.1 Å². The second-order valence-corrected chi connectivity index (χ2v) is 12.7. The molecular weight excluding hydrogens is 547 g/mol. The molecule has 1 amide bonds. The number of rotatable bonds is 10. The third kappa shape index (κ3) is 6.84. The van der Waals surface area contributed by atoms with Crippen molar-refractivity contribution in [1.29, 1.82) is 0 Å². The lowest BCUT2D eigenvalue weighted by Gasteiger charge is -2.34. The summed E-state index contributed by atoms with van der Waals surface area (Å²) in [5.41, 5.74) is 2.89. The number of carbonyl (C=O) groups excluding carboxylic acids is 1. The van der Waals surface area contributed by atoms with Crippen LogP contribution in [0.3, 0.4) is 0 Å². The highest BCUT2D eigenvalue weighted by Crippen LogP contribution is 2.38. The summed E-state index contributed by atoms with van der Waals surface area (Å²) in [4.78, 5) is 20.3. The number of sulfone groups is 1. The van der Waals surface area contributed by atoms with Gasteiger partial charge in [0.2, 0.25) is 0 Å². The van der Waals surface area contributed by atoms with Crippen LogP contribution in [0, 0.1) is 5.92 Å². The molecule has 1 aromatic carbocycles. The first-order valence-corrected chi connectivity index (χ1v) is 15.2. The van der Waals surface area contributed by atoms with Crippen LogP contribution >= 0.6 is 0 Å². The van der Waals surface area contributed by atoms with Gasteiger partial charge >= 0.3 is 6.18 Å². The molecule has 1 saturated heterocycles. The number of benzene rings is 1. The highest BCUT2D eigenvalue weighted by Gasteiger charge is 2.43. The quantitative estimate of drug-likeness (QED) is 0.436. The van der Waals surface area contributed by atoms with Crippen LogP contribution in [0.4, 0.5) is 13.2 Å². The van der Waals surface area contributed by atoms with Crippen molar-refractivity contribution in [2.75, 3.05) is 32.6 Å². The number of hydrogen-bond donors (Lipinski definition) is 1. The van der Waals surface area contributed by atoms with Crippen LogP contribution in [-0.2, 0) is 25.9 Å². The molecule has 3 heterocycles. The van der Waals surface area contributed by atoms with Crippen LogP contribution in [0.5, 0.6) is 0 Å². The zero-order valence-corrected chi connectivity index (χ0v) is 23.7. The Balaban J connectivity index is 1.43. The number of pyridine rings is 1. The molecule has 0 bridgehead atoms. The van der Waals surface area contributed by atoms with Gasteiger partial charge in [0.05, 0.1) is 47.2 Å². The topological polar surface area (TPSA) is 97.8 Å². The Hall–Kier alpha value is -2.54. The lowest BCUT2D eigenvalue weighted by Crippen LogP contribution is -2.40. The minimum atomic E-state index is -4.33. The Labute approximate surface area is 233 Å². The van der Waals surface area contributed by atoms with Gasteiger partial charge in [-0.15, -0.1) is 0 Å². The van der Waals surface area contributed by atoms with E-state index in [1.54, 1.807) is 25.3 Å². The maximum absolute atomic E-state index is 13.2. The summed E-state index contributed by atoms with van der Waals surface area (Å²) in [6.07, 6.45) is -3.28. The fraction of sp³-hybridized carbons (Fsp3) is 0.571. The van der Waals surface area contributed by atoms with Crippen molar-refractivity contribution in [2.24, 2.45) is 5.92 Å². The van der Waals surface area contributed by atoms with Gasteiger partial charge < -0.3 is 14.8 Å². The molecule has 12 heteroatoms. The van der Waals surface area contributed by atoms with Gasteiger partial charge in [-0.2, -0.15) is 13.2 Å². The molecule has 0 spiro atoms. The Bertz CT molecular complexity index is 1280. The lowest BCUT2D eigenvalue weighted by molar-refractivity contribution is -0.236. The number of hydrogen-bond acceptors (Lipinski definition) is 7. The molecular formula is C28H36F3N3O5S. The molecule has 2 aromatic rings. The van der Waals surface area contributed by atoms with Gasteiger partial charge in [0.15, 0.2) is 15.9 Å².